The second-order valence-electron chi connectivity index (χ2n) is 8.49. The summed E-state index contributed by atoms with van der Waals surface area (Å²) < 4.78 is 27.8. The van der Waals surface area contributed by atoms with Gasteiger partial charge in [-0.15, -0.1) is 0 Å². The molecule has 3 rings (SSSR count). The number of fused-ring (bicyclic) bond motifs is 1. The average molecular weight is 407 g/mol. The number of aryl methyl sites for hydroxylation is 2. The molecule has 1 amide bonds. The Labute approximate surface area is 169 Å². The molecule has 1 fully saturated rings. The van der Waals surface area contributed by atoms with Crippen molar-refractivity contribution < 1.29 is 13.2 Å². The molecular formula is C22H34N2O3S. The molecule has 1 atom stereocenters. The normalized spacial score (nSPS) is 23.2. The molecule has 5 nitrogen and oxygen atoms in total. The first-order chi connectivity index (χ1) is 13.4. The summed E-state index contributed by atoms with van der Waals surface area (Å²) in [5.41, 5.74) is 3.64. The van der Waals surface area contributed by atoms with Gasteiger partial charge in [0.05, 0.1) is 5.25 Å². The zero-order valence-corrected chi connectivity index (χ0v) is 18.0. The molecule has 0 saturated heterocycles. The van der Waals surface area contributed by atoms with Crippen molar-refractivity contribution in [3.8, 4) is 0 Å². The smallest absolute Gasteiger partial charge is 0.227 e. The minimum absolute atomic E-state index is 0.0356. The van der Waals surface area contributed by atoms with E-state index in [1.807, 2.05) is 6.07 Å². The summed E-state index contributed by atoms with van der Waals surface area (Å²) in [6.45, 7) is 3.86. The SMILES string of the molecule is CCCCC(C)S(=O)(=O)N[C@H]1CC[C@H](C(=O)Nc2ccc3c(c2)CCC3)CC1. The number of nitrogens with one attached hydrogen (secondary N) is 2. The van der Waals surface area contributed by atoms with Crippen LogP contribution in [0.1, 0.15) is 76.3 Å². The molecule has 2 aliphatic rings. The Morgan fingerprint density at radius 3 is 2.57 bits per heavy atom. The summed E-state index contributed by atoms with van der Waals surface area (Å²) in [5, 5.41) is 2.71. The zero-order chi connectivity index (χ0) is 20.1. The molecule has 0 radical (unpaired) electrons. The fourth-order valence-corrected chi connectivity index (χ4v) is 5.77. The zero-order valence-electron chi connectivity index (χ0n) is 17.2. The van der Waals surface area contributed by atoms with E-state index in [4.69, 9.17) is 0 Å². The molecule has 0 spiro atoms. The Morgan fingerprint density at radius 1 is 1.14 bits per heavy atom. The second kappa shape index (κ2) is 9.40. The highest BCUT2D eigenvalue weighted by molar-refractivity contribution is 7.90. The van der Waals surface area contributed by atoms with Gasteiger partial charge < -0.3 is 5.32 Å². The van der Waals surface area contributed by atoms with E-state index in [9.17, 15) is 13.2 Å². The molecule has 1 saturated carbocycles. The molecule has 28 heavy (non-hydrogen) atoms. The third-order valence-electron chi connectivity index (χ3n) is 6.29. The first kappa shape index (κ1) is 21.3. The van der Waals surface area contributed by atoms with Gasteiger partial charge in [-0.2, -0.15) is 0 Å². The Morgan fingerprint density at radius 2 is 1.86 bits per heavy atom. The van der Waals surface area contributed by atoms with E-state index in [0.29, 0.717) is 6.42 Å². The van der Waals surface area contributed by atoms with Gasteiger partial charge in [0.1, 0.15) is 0 Å². The summed E-state index contributed by atoms with van der Waals surface area (Å²) in [6.07, 6.45) is 8.97. The first-order valence-electron chi connectivity index (χ1n) is 10.8. The molecule has 1 unspecified atom stereocenters. The van der Waals surface area contributed by atoms with Crippen LogP contribution in [0.3, 0.4) is 0 Å². The van der Waals surface area contributed by atoms with Crippen molar-refractivity contribution in [2.45, 2.75) is 89.3 Å². The number of carbonyl (C=O) groups excluding carboxylic acids is 1. The van der Waals surface area contributed by atoms with Crippen molar-refractivity contribution in [2.24, 2.45) is 5.92 Å². The van der Waals surface area contributed by atoms with Crippen LogP contribution in [0.2, 0.25) is 0 Å². The molecule has 0 aromatic heterocycles. The van der Waals surface area contributed by atoms with E-state index < -0.39 is 10.0 Å². The van der Waals surface area contributed by atoms with E-state index in [-0.39, 0.29) is 23.1 Å². The van der Waals surface area contributed by atoms with E-state index in [2.05, 4.69) is 29.1 Å². The number of sulfonamides is 1. The van der Waals surface area contributed by atoms with E-state index in [0.717, 1.165) is 57.1 Å². The van der Waals surface area contributed by atoms with Crippen LogP contribution in [-0.2, 0) is 27.7 Å². The Hall–Kier alpha value is -1.40. The summed E-state index contributed by atoms with van der Waals surface area (Å²) in [6, 6.07) is 6.19. The van der Waals surface area contributed by atoms with Crippen LogP contribution in [0.15, 0.2) is 18.2 Å². The number of unbranched alkanes of at least 4 members (excludes halogenated alkanes) is 1. The Kier molecular flexibility index (Phi) is 7.15. The van der Waals surface area contributed by atoms with Gasteiger partial charge in [-0.1, -0.05) is 25.8 Å². The van der Waals surface area contributed by atoms with Gasteiger partial charge in [-0.05, 0) is 81.5 Å². The van der Waals surface area contributed by atoms with E-state index >= 15 is 0 Å². The van der Waals surface area contributed by atoms with Crippen molar-refractivity contribution in [3.63, 3.8) is 0 Å². The minimum Gasteiger partial charge on any atom is -0.326 e. The standard InChI is InChI=1S/C22H34N2O3S/c1-3-4-6-16(2)28(26,27)24-20-12-10-18(11-13-20)22(25)23-21-14-9-17-7-5-8-19(17)15-21/h9,14-16,18,20,24H,3-8,10-13H2,1-2H3,(H,23,25)/t16?,18-,20-. The molecule has 1 aromatic rings. The van der Waals surface area contributed by atoms with E-state index in [1.54, 1.807) is 6.92 Å². The molecule has 2 N–H and O–H groups in total. The number of amides is 1. The van der Waals surface area contributed by atoms with Crippen LogP contribution in [-0.4, -0.2) is 25.6 Å². The minimum atomic E-state index is -3.27. The number of benzene rings is 1. The molecule has 0 aliphatic heterocycles. The molecule has 1 aromatic carbocycles. The van der Waals surface area contributed by atoms with Crippen LogP contribution in [0.5, 0.6) is 0 Å². The van der Waals surface area contributed by atoms with Crippen molar-refractivity contribution in [2.75, 3.05) is 5.32 Å². The highest BCUT2D eigenvalue weighted by Crippen LogP contribution is 2.28. The highest BCUT2D eigenvalue weighted by Gasteiger charge is 2.30. The summed E-state index contributed by atoms with van der Waals surface area (Å²) in [5.74, 6) is 0.0297. The third-order valence-corrected chi connectivity index (χ3v) is 8.25. The predicted octanol–water partition coefficient (Wildman–Crippen LogP) is 4.17. The fraction of sp³-hybridized carbons (Fsp3) is 0.682. The fourth-order valence-electron chi connectivity index (χ4n) is 4.36. The largest absolute Gasteiger partial charge is 0.326 e. The molecule has 0 bridgehead atoms. The maximum absolute atomic E-state index is 12.6. The lowest BCUT2D eigenvalue weighted by Gasteiger charge is -2.29. The first-order valence-corrected chi connectivity index (χ1v) is 12.4. The number of hydrogen-bond acceptors (Lipinski definition) is 3. The van der Waals surface area contributed by atoms with Gasteiger partial charge in [0.2, 0.25) is 15.9 Å². The predicted molar refractivity (Wildman–Crippen MR) is 114 cm³/mol. The number of rotatable bonds is 8. The van der Waals surface area contributed by atoms with Crippen molar-refractivity contribution in [1.82, 2.24) is 4.72 Å². The van der Waals surface area contributed by atoms with Gasteiger partial charge in [0.15, 0.2) is 0 Å². The maximum Gasteiger partial charge on any atom is 0.227 e. The molecule has 2 aliphatic carbocycles. The van der Waals surface area contributed by atoms with E-state index in [1.165, 1.54) is 17.5 Å². The summed E-state index contributed by atoms with van der Waals surface area (Å²) >= 11 is 0. The van der Waals surface area contributed by atoms with Gasteiger partial charge >= 0.3 is 0 Å². The molecule has 156 valence electrons. The van der Waals surface area contributed by atoms with Gasteiger partial charge in [-0.25, -0.2) is 13.1 Å². The highest BCUT2D eigenvalue weighted by atomic mass is 32.2. The summed E-state index contributed by atoms with van der Waals surface area (Å²) in [7, 11) is -3.27. The number of anilines is 1. The Balaban J connectivity index is 1.47. The quantitative estimate of drug-likeness (QED) is 0.680. The molecular weight excluding hydrogens is 372 g/mol. The monoisotopic (exact) mass is 406 g/mol. The lowest BCUT2D eigenvalue weighted by molar-refractivity contribution is -0.120. The summed E-state index contributed by atoms with van der Waals surface area (Å²) in [4.78, 5) is 12.6. The Bertz CT molecular complexity index is 783. The molecule has 6 heteroatoms. The second-order valence-corrected chi connectivity index (χ2v) is 10.6. The van der Waals surface area contributed by atoms with Crippen LogP contribution >= 0.6 is 0 Å². The van der Waals surface area contributed by atoms with Crippen LogP contribution in [0.25, 0.3) is 0 Å². The number of hydrogen-bond donors (Lipinski definition) is 2. The van der Waals surface area contributed by atoms with Crippen molar-refractivity contribution in [1.29, 1.82) is 0 Å². The van der Waals surface area contributed by atoms with Crippen molar-refractivity contribution >= 4 is 21.6 Å². The van der Waals surface area contributed by atoms with Gasteiger partial charge in [0, 0.05) is 17.6 Å². The third kappa shape index (κ3) is 5.35. The van der Waals surface area contributed by atoms with Crippen LogP contribution in [0.4, 0.5) is 5.69 Å². The van der Waals surface area contributed by atoms with Gasteiger partial charge in [0.25, 0.3) is 0 Å². The lowest BCUT2D eigenvalue weighted by atomic mass is 9.86. The molecule has 0 heterocycles. The average Bonchev–Trinajstić information content (AvgIpc) is 3.14. The van der Waals surface area contributed by atoms with Crippen LogP contribution < -0.4 is 10.0 Å². The number of carbonyl (C=O) groups is 1. The van der Waals surface area contributed by atoms with Gasteiger partial charge in [-0.3, -0.25) is 4.79 Å². The lowest BCUT2D eigenvalue weighted by Crippen LogP contribution is -2.42. The topological polar surface area (TPSA) is 75.3 Å². The maximum atomic E-state index is 12.6. The van der Waals surface area contributed by atoms with Crippen LogP contribution in [0, 0.1) is 5.92 Å². The van der Waals surface area contributed by atoms with Crippen molar-refractivity contribution in [3.05, 3.63) is 29.3 Å².